The zero-order valence-corrected chi connectivity index (χ0v) is 9.77. The molecule has 0 aromatic carbocycles. The van der Waals surface area contributed by atoms with Crippen LogP contribution >= 0.6 is 0 Å². The highest BCUT2D eigenvalue weighted by atomic mass is 15.2. The van der Waals surface area contributed by atoms with Crippen LogP contribution in [0, 0.1) is 6.92 Å². The molecule has 2 N–H and O–H groups in total. The minimum atomic E-state index is 0.732. The summed E-state index contributed by atoms with van der Waals surface area (Å²) in [7, 11) is 0. The van der Waals surface area contributed by atoms with E-state index in [9.17, 15) is 0 Å². The maximum absolute atomic E-state index is 4.39. The molecule has 0 radical (unpaired) electrons. The molecule has 0 fully saturated rings. The summed E-state index contributed by atoms with van der Waals surface area (Å²) in [5.41, 5.74) is 3.35. The Hall–Kier alpha value is -2.04. The lowest BCUT2D eigenvalue weighted by Gasteiger charge is -2.06. The molecule has 0 unspecified atom stereocenters. The Bertz CT molecular complexity index is 569. The van der Waals surface area contributed by atoms with E-state index in [1.165, 1.54) is 5.56 Å². The van der Waals surface area contributed by atoms with Gasteiger partial charge in [0.2, 0.25) is 0 Å². The van der Waals surface area contributed by atoms with Crippen LogP contribution in [0.4, 0.5) is 0 Å². The van der Waals surface area contributed by atoms with Crippen molar-refractivity contribution in [3.63, 3.8) is 0 Å². The first kappa shape index (κ1) is 10.1. The van der Waals surface area contributed by atoms with E-state index in [0.717, 1.165) is 36.9 Å². The van der Waals surface area contributed by atoms with Crippen LogP contribution in [0.15, 0.2) is 29.5 Å². The summed E-state index contributed by atoms with van der Waals surface area (Å²) in [6, 6.07) is 4.17. The Morgan fingerprint density at radius 1 is 1.53 bits per heavy atom. The van der Waals surface area contributed by atoms with Gasteiger partial charge >= 0.3 is 0 Å². The van der Waals surface area contributed by atoms with Crippen LogP contribution in [-0.4, -0.2) is 28.4 Å². The van der Waals surface area contributed by atoms with Crippen LogP contribution < -0.4 is 10.6 Å². The molecule has 3 heterocycles. The average Bonchev–Trinajstić information content (AvgIpc) is 2.94. The van der Waals surface area contributed by atoms with Crippen molar-refractivity contribution >= 4 is 11.6 Å². The predicted octanol–water partition coefficient (Wildman–Crippen LogP) is 0.692. The summed E-state index contributed by atoms with van der Waals surface area (Å²) >= 11 is 0. The van der Waals surface area contributed by atoms with Crippen LogP contribution in [0.25, 0.3) is 5.65 Å². The first-order valence-corrected chi connectivity index (χ1v) is 5.78. The second kappa shape index (κ2) is 4.08. The zero-order valence-electron chi connectivity index (χ0n) is 9.77. The number of nitrogens with zero attached hydrogens (tertiary/aromatic N) is 3. The van der Waals surface area contributed by atoms with E-state index in [1.807, 2.05) is 6.20 Å². The van der Waals surface area contributed by atoms with Gasteiger partial charge in [0, 0.05) is 12.7 Å². The van der Waals surface area contributed by atoms with E-state index in [-0.39, 0.29) is 0 Å². The third kappa shape index (κ3) is 1.95. The number of aliphatic imine (C=N–C) groups is 1. The third-order valence-corrected chi connectivity index (χ3v) is 2.86. The molecule has 0 aliphatic carbocycles. The number of rotatable bonds is 2. The number of pyridine rings is 1. The normalized spacial score (nSPS) is 14.8. The standard InChI is InChI=1S/C12H15N5/c1-9-2-5-17-10(7-15-11(17)6-9)8-16-12-13-3-4-14-12/h2,5-7H,3-4,8H2,1H3,(H2,13,14,16). The van der Waals surface area contributed by atoms with Gasteiger partial charge in [-0.1, -0.05) is 0 Å². The molecule has 2 aromatic heterocycles. The van der Waals surface area contributed by atoms with Gasteiger partial charge in [-0.05, 0) is 24.6 Å². The molecule has 0 atom stereocenters. The quantitative estimate of drug-likeness (QED) is 0.796. The van der Waals surface area contributed by atoms with Gasteiger partial charge in [-0.2, -0.15) is 0 Å². The summed E-state index contributed by atoms with van der Waals surface area (Å²) in [6.07, 6.45) is 3.95. The summed E-state index contributed by atoms with van der Waals surface area (Å²) in [6.45, 7) is 4.59. The lowest BCUT2D eigenvalue weighted by Crippen LogP contribution is -2.33. The van der Waals surface area contributed by atoms with Crippen molar-refractivity contribution in [1.82, 2.24) is 20.0 Å². The molecular weight excluding hydrogens is 214 g/mol. The zero-order chi connectivity index (χ0) is 11.7. The lowest BCUT2D eigenvalue weighted by atomic mass is 10.3. The Kier molecular flexibility index (Phi) is 2.44. The maximum Gasteiger partial charge on any atom is 0.191 e. The van der Waals surface area contributed by atoms with Gasteiger partial charge in [-0.25, -0.2) is 4.98 Å². The Morgan fingerprint density at radius 2 is 2.47 bits per heavy atom. The fraction of sp³-hybridized carbons (Fsp3) is 0.333. The summed E-state index contributed by atoms with van der Waals surface area (Å²) < 4.78 is 2.09. The third-order valence-electron chi connectivity index (χ3n) is 2.86. The van der Waals surface area contributed by atoms with E-state index in [2.05, 4.69) is 50.3 Å². The van der Waals surface area contributed by atoms with Gasteiger partial charge in [0.05, 0.1) is 25.0 Å². The highest BCUT2D eigenvalue weighted by molar-refractivity contribution is 5.81. The molecule has 17 heavy (non-hydrogen) atoms. The van der Waals surface area contributed by atoms with Gasteiger partial charge in [0.15, 0.2) is 5.96 Å². The Balaban J connectivity index is 1.80. The molecular formula is C12H15N5. The lowest BCUT2D eigenvalue weighted by molar-refractivity contribution is 0.830. The molecule has 0 amide bonds. The predicted molar refractivity (Wildman–Crippen MR) is 67.1 cm³/mol. The van der Waals surface area contributed by atoms with Crippen molar-refractivity contribution < 1.29 is 0 Å². The fourth-order valence-corrected chi connectivity index (χ4v) is 1.96. The highest BCUT2D eigenvalue weighted by Gasteiger charge is 2.06. The molecule has 0 saturated heterocycles. The Morgan fingerprint density at radius 3 is 3.29 bits per heavy atom. The highest BCUT2D eigenvalue weighted by Crippen LogP contribution is 2.08. The van der Waals surface area contributed by atoms with E-state index in [1.54, 1.807) is 0 Å². The first-order chi connectivity index (χ1) is 8.33. The van der Waals surface area contributed by atoms with Gasteiger partial charge in [0.1, 0.15) is 5.65 Å². The van der Waals surface area contributed by atoms with Gasteiger partial charge in [-0.15, -0.1) is 0 Å². The van der Waals surface area contributed by atoms with Crippen LogP contribution in [0.1, 0.15) is 11.3 Å². The molecule has 2 aromatic rings. The second-order valence-corrected chi connectivity index (χ2v) is 4.19. The van der Waals surface area contributed by atoms with Crippen LogP contribution in [0.2, 0.25) is 0 Å². The van der Waals surface area contributed by atoms with Crippen LogP contribution in [-0.2, 0) is 6.54 Å². The van der Waals surface area contributed by atoms with E-state index < -0.39 is 0 Å². The largest absolute Gasteiger partial charge is 0.355 e. The van der Waals surface area contributed by atoms with Gasteiger partial charge in [0.25, 0.3) is 0 Å². The topological polar surface area (TPSA) is 53.7 Å². The molecule has 5 heteroatoms. The van der Waals surface area contributed by atoms with E-state index >= 15 is 0 Å². The number of nitrogens with one attached hydrogen (secondary N) is 2. The molecule has 1 aliphatic heterocycles. The monoisotopic (exact) mass is 229 g/mol. The van der Waals surface area contributed by atoms with Crippen molar-refractivity contribution in [2.75, 3.05) is 13.1 Å². The SMILES string of the molecule is Cc1ccn2c(CNC3=NCCN3)cnc2c1. The number of aryl methyl sites for hydroxylation is 1. The van der Waals surface area contributed by atoms with Crippen molar-refractivity contribution in [3.05, 3.63) is 35.8 Å². The Labute approximate surface area is 99.6 Å². The van der Waals surface area contributed by atoms with Gasteiger partial charge in [-0.3, -0.25) is 4.99 Å². The number of fused-ring (bicyclic) bond motifs is 1. The number of aromatic nitrogens is 2. The fourth-order valence-electron chi connectivity index (χ4n) is 1.96. The number of guanidine groups is 1. The van der Waals surface area contributed by atoms with E-state index in [0.29, 0.717) is 0 Å². The van der Waals surface area contributed by atoms with Crippen molar-refractivity contribution in [3.8, 4) is 0 Å². The molecule has 5 nitrogen and oxygen atoms in total. The summed E-state index contributed by atoms with van der Waals surface area (Å²) in [5.74, 6) is 0.882. The smallest absolute Gasteiger partial charge is 0.191 e. The first-order valence-electron chi connectivity index (χ1n) is 5.78. The second-order valence-electron chi connectivity index (χ2n) is 4.19. The molecule has 3 rings (SSSR count). The van der Waals surface area contributed by atoms with Crippen molar-refractivity contribution in [2.24, 2.45) is 4.99 Å². The summed E-state index contributed by atoms with van der Waals surface area (Å²) in [5, 5.41) is 6.45. The molecule has 1 aliphatic rings. The number of hydrogen-bond acceptors (Lipinski definition) is 4. The number of imidazole rings is 1. The van der Waals surface area contributed by atoms with Gasteiger partial charge < -0.3 is 15.0 Å². The van der Waals surface area contributed by atoms with E-state index in [4.69, 9.17) is 0 Å². The van der Waals surface area contributed by atoms with Crippen molar-refractivity contribution in [2.45, 2.75) is 13.5 Å². The number of hydrogen-bond donors (Lipinski definition) is 2. The molecule has 88 valence electrons. The summed E-state index contributed by atoms with van der Waals surface area (Å²) in [4.78, 5) is 8.68. The van der Waals surface area contributed by atoms with Crippen molar-refractivity contribution in [1.29, 1.82) is 0 Å². The average molecular weight is 229 g/mol. The molecule has 0 bridgehead atoms. The molecule has 0 spiro atoms. The van der Waals surface area contributed by atoms with Crippen LogP contribution in [0.5, 0.6) is 0 Å². The maximum atomic E-state index is 4.39. The minimum absolute atomic E-state index is 0.732. The molecule has 0 saturated carbocycles. The minimum Gasteiger partial charge on any atom is -0.355 e. The van der Waals surface area contributed by atoms with Crippen LogP contribution in [0.3, 0.4) is 0 Å².